The number of carbonyl (C=O) groups is 1. The van der Waals surface area contributed by atoms with Crippen LogP contribution in [0.5, 0.6) is 0 Å². The third kappa shape index (κ3) is 1.72. The highest BCUT2D eigenvalue weighted by atomic mass is 19.1. The Hall–Kier alpha value is -1.58. The van der Waals surface area contributed by atoms with E-state index in [1.54, 1.807) is 0 Å². The van der Waals surface area contributed by atoms with Gasteiger partial charge in [0, 0.05) is 12.7 Å². The summed E-state index contributed by atoms with van der Waals surface area (Å²) < 4.78 is 12.6. The van der Waals surface area contributed by atoms with Gasteiger partial charge in [-0.2, -0.15) is 0 Å². The molecule has 63 valence electrons. The highest BCUT2D eigenvalue weighted by molar-refractivity contribution is 5.84. The Morgan fingerprint density at radius 1 is 1.50 bits per heavy atom. The summed E-state index contributed by atoms with van der Waals surface area (Å²) in [6.07, 6.45) is -1.36. The summed E-state index contributed by atoms with van der Waals surface area (Å²) in [4.78, 5) is 11.1. The first kappa shape index (κ1) is 8.52. The van der Waals surface area contributed by atoms with Crippen molar-refractivity contribution >= 4 is 11.8 Å². The lowest BCUT2D eigenvalue weighted by molar-refractivity contribution is 0.178. The maximum Gasteiger partial charge on any atom is 0.457 e. The van der Waals surface area contributed by atoms with Gasteiger partial charge in [-0.05, 0) is 18.2 Å². The van der Waals surface area contributed by atoms with E-state index in [0.717, 1.165) is 11.0 Å². The van der Waals surface area contributed by atoms with Crippen LogP contribution in [-0.2, 0) is 5.11 Å². The van der Waals surface area contributed by atoms with Crippen LogP contribution in [0.2, 0.25) is 0 Å². The molecule has 0 atom stereocenters. The maximum absolute atomic E-state index is 12.6. The minimum atomic E-state index is -1.36. The van der Waals surface area contributed by atoms with Gasteiger partial charge in [0.15, 0.2) is 0 Å². The third-order valence-corrected chi connectivity index (χ3v) is 1.47. The van der Waals surface area contributed by atoms with Gasteiger partial charge < -0.3 is 0 Å². The van der Waals surface area contributed by atoms with Crippen LogP contribution in [-0.4, -0.2) is 13.1 Å². The smallest absolute Gasteiger partial charge is 0.278 e. The molecule has 0 heterocycles. The first-order chi connectivity index (χ1) is 5.61. The number of nitrogens with zero attached hydrogens (tertiary/aromatic N) is 1. The average molecular weight is 168 g/mol. The van der Waals surface area contributed by atoms with Gasteiger partial charge in [-0.15, -0.1) is 0 Å². The molecule has 12 heavy (non-hydrogen) atoms. The second-order valence-corrected chi connectivity index (χ2v) is 2.30. The van der Waals surface area contributed by atoms with Crippen LogP contribution in [0.3, 0.4) is 0 Å². The van der Waals surface area contributed by atoms with Crippen LogP contribution in [0, 0.1) is 5.82 Å². The van der Waals surface area contributed by atoms with E-state index >= 15 is 0 Å². The first-order valence-corrected chi connectivity index (χ1v) is 3.31. The van der Waals surface area contributed by atoms with Crippen LogP contribution in [0.4, 0.5) is 14.9 Å². The molecule has 0 N–H and O–H groups in total. The number of hydrogen-bond acceptors (Lipinski definition) is 1. The van der Waals surface area contributed by atoms with Gasteiger partial charge in [-0.3, -0.25) is 4.90 Å². The summed E-state index contributed by atoms with van der Waals surface area (Å²) in [6.45, 7) is 0. The van der Waals surface area contributed by atoms with E-state index in [1.807, 2.05) is 0 Å². The minimum Gasteiger partial charge on any atom is -0.278 e. The zero-order valence-electron chi connectivity index (χ0n) is 6.45. The van der Waals surface area contributed by atoms with Gasteiger partial charge in [0.05, 0.1) is 0 Å². The fourth-order valence-electron chi connectivity index (χ4n) is 0.790. The van der Waals surface area contributed by atoms with E-state index in [1.165, 1.54) is 25.2 Å². The molecule has 3 nitrogen and oxygen atoms in total. The van der Waals surface area contributed by atoms with E-state index in [9.17, 15) is 14.3 Å². The lowest BCUT2D eigenvalue weighted by Crippen LogP contribution is -2.22. The molecule has 0 aliphatic rings. The average Bonchev–Trinajstić information content (AvgIpc) is 2.03. The second kappa shape index (κ2) is 3.21. The molecule has 4 heteroatoms. The molecule has 0 aliphatic heterocycles. The number of carbonyl (C=O) groups excluding carboxylic acids is 1. The molecular formula is C8H7FNO2. The lowest BCUT2D eigenvalue weighted by atomic mass is 10.3. The van der Waals surface area contributed by atoms with Gasteiger partial charge in [-0.1, -0.05) is 6.07 Å². The highest BCUT2D eigenvalue weighted by Crippen LogP contribution is 2.13. The van der Waals surface area contributed by atoms with E-state index in [0.29, 0.717) is 0 Å². The monoisotopic (exact) mass is 168 g/mol. The Labute approximate surface area is 69.0 Å². The van der Waals surface area contributed by atoms with Crippen molar-refractivity contribution in [2.24, 2.45) is 0 Å². The summed E-state index contributed by atoms with van der Waals surface area (Å²) in [5.41, 5.74) is 0.259. The van der Waals surface area contributed by atoms with Gasteiger partial charge in [-0.25, -0.2) is 14.3 Å². The molecule has 1 aromatic rings. The van der Waals surface area contributed by atoms with Crippen molar-refractivity contribution in [2.45, 2.75) is 0 Å². The lowest BCUT2D eigenvalue weighted by Gasteiger charge is -2.10. The largest absolute Gasteiger partial charge is 0.457 e. The number of anilines is 1. The predicted molar refractivity (Wildman–Crippen MR) is 40.9 cm³/mol. The Bertz CT molecular complexity index is 301. The minimum absolute atomic E-state index is 0.259. The zero-order chi connectivity index (χ0) is 9.14. The molecule has 1 radical (unpaired) electrons. The Morgan fingerprint density at radius 3 is 2.67 bits per heavy atom. The maximum atomic E-state index is 12.6. The van der Waals surface area contributed by atoms with Crippen molar-refractivity contribution in [3.8, 4) is 0 Å². The molecule has 0 saturated heterocycles. The van der Waals surface area contributed by atoms with Gasteiger partial charge in [0.1, 0.15) is 5.82 Å². The summed E-state index contributed by atoms with van der Waals surface area (Å²) in [7, 11) is 1.30. The van der Waals surface area contributed by atoms with Crippen LogP contribution in [0.1, 0.15) is 0 Å². The summed E-state index contributed by atoms with van der Waals surface area (Å²) in [6, 6.07) is 5.28. The van der Waals surface area contributed by atoms with Gasteiger partial charge in [0.2, 0.25) is 0 Å². The molecular weight excluding hydrogens is 161 g/mol. The fourth-order valence-corrected chi connectivity index (χ4v) is 0.790. The Morgan fingerprint density at radius 2 is 2.17 bits per heavy atom. The molecule has 0 aliphatic carbocycles. The molecule has 1 amide bonds. The van der Waals surface area contributed by atoms with Crippen LogP contribution >= 0.6 is 0 Å². The SMILES string of the molecule is CN(C([O])=O)c1cccc(F)c1. The molecule has 0 spiro atoms. The number of rotatable bonds is 1. The summed E-state index contributed by atoms with van der Waals surface area (Å²) >= 11 is 0. The molecule has 1 rings (SSSR count). The fraction of sp³-hybridized carbons (Fsp3) is 0.125. The standard InChI is InChI=1S/C8H7FNO2/c1-10(8(11)12)7-4-2-3-6(9)5-7/h2-5H,1H3. The van der Waals surface area contributed by atoms with E-state index in [2.05, 4.69) is 0 Å². The van der Waals surface area contributed by atoms with Crippen molar-refractivity contribution in [3.63, 3.8) is 0 Å². The predicted octanol–water partition coefficient (Wildman–Crippen LogP) is 1.81. The van der Waals surface area contributed by atoms with Crippen LogP contribution in [0.15, 0.2) is 24.3 Å². The normalized spacial score (nSPS) is 9.50. The first-order valence-electron chi connectivity index (χ1n) is 3.31. The third-order valence-electron chi connectivity index (χ3n) is 1.47. The second-order valence-electron chi connectivity index (χ2n) is 2.30. The zero-order valence-corrected chi connectivity index (χ0v) is 6.45. The molecule has 0 bridgehead atoms. The molecule has 0 unspecified atom stereocenters. The number of amides is 1. The Kier molecular flexibility index (Phi) is 2.28. The van der Waals surface area contributed by atoms with Crippen molar-refractivity contribution in [3.05, 3.63) is 30.1 Å². The van der Waals surface area contributed by atoms with Crippen molar-refractivity contribution in [2.75, 3.05) is 11.9 Å². The van der Waals surface area contributed by atoms with E-state index < -0.39 is 11.9 Å². The summed E-state index contributed by atoms with van der Waals surface area (Å²) in [5.74, 6) is -0.472. The van der Waals surface area contributed by atoms with Gasteiger partial charge in [0.25, 0.3) is 0 Å². The molecule has 0 aromatic heterocycles. The van der Waals surface area contributed by atoms with Crippen LogP contribution in [0.25, 0.3) is 0 Å². The van der Waals surface area contributed by atoms with Crippen LogP contribution < -0.4 is 4.90 Å². The van der Waals surface area contributed by atoms with Crippen molar-refractivity contribution in [1.82, 2.24) is 0 Å². The highest BCUT2D eigenvalue weighted by Gasteiger charge is 2.09. The number of hydrogen-bond donors (Lipinski definition) is 0. The molecule has 0 saturated carbocycles. The topological polar surface area (TPSA) is 40.2 Å². The number of benzene rings is 1. The molecule has 1 aromatic carbocycles. The number of halogens is 1. The Balaban J connectivity index is 2.95. The van der Waals surface area contributed by atoms with E-state index in [-0.39, 0.29) is 5.69 Å². The molecule has 0 fully saturated rings. The quantitative estimate of drug-likeness (QED) is 0.630. The summed E-state index contributed by atoms with van der Waals surface area (Å²) in [5, 5.41) is 10.3. The van der Waals surface area contributed by atoms with Crippen molar-refractivity contribution < 1.29 is 14.3 Å². The van der Waals surface area contributed by atoms with E-state index in [4.69, 9.17) is 0 Å². The van der Waals surface area contributed by atoms with Gasteiger partial charge >= 0.3 is 6.09 Å². The van der Waals surface area contributed by atoms with Crippen molar-refractivity contribution in [1.29, 1.82) is 0 Å².